The monoisotopic (exact) mass is 457 g/mol. The van der Waals surface area contributed by atoms with E-state index in [0.29, 0.717) is 28.4 Å². The van der Waals surface area contributed by atoms with Gasteiger partial charge in [-0.15, -0.1) is 0 Å². The van der Waals surface area contributed by atoms with Crippen molar-refractivity contribution in [3.63, 3.8) is 0 Å². The minimum absolute atomic E-state index is 0.296. The van der Waals surface area contributed by atoms with E-state index < -0.39 is 17.4 Å². The number of imide groups is 1. The molecule has 2 fully saturated rings. The van der Waals surface area contributed by atoms with Crippen LogP contribution in [0.2, 0.25) is 5.02 Å². The van der Waals surface area contributed by atoms with Crippen LogP contribution in [0.25, 0.3) is 0 Å². The largest absolute Gasteiger partial charge is 0.324 e. The number of hydrogen-bond acceptors (Lipinski definition) is 4. The SMILES string of the molecule is O=C1[C@@H]2[C@H](Cc3ccccc3)N[C@@]3(C(=O)Nc4ccccc43)[C@H]2C(=O)N1c1ccc(Cl)cc1. The van der Waals surface area contributed by atoms with Gasteiger partial charge in [0.1, 0.15) is 5.54 Å². The first-order valence-corrected chi connectivity index (χ1v) is 11.2. The molecule has 164 valence electrons. The van der Waals surface area contributed by atoms with Crippen molar-refractivity contribution in [3.05, 3.63) is 95.0 Å². The summed E-state index contributed by atoms with van der Waals surface area (Å²) in [6.07, 6.45) is 0.521. The molecule has 0 saturated carbocycles. The Bertz CT molecular complexity index is 1290. The van der Waals surface area contributed by atoms with Crippen LogP contribution in [-0.2, 0) is 26.3 Å². The van der Waals surface area contributed by atoms with Crippen LogP contribution < -0.4 is 15.5 Å². The second-order valence-corrected chi connectivity index (χ2v) is 9.18. The molecule has 0 bridgehead atoms. The summed E-state index contributed by atoms with van der Waals surface area (Å²) in [5, 5.41) is 6.90. The second kappa shape index (κ2) is 7.27. The van der Waals surface area contributed by atoms with E-state index in [1.165, 1.54) is 4.90 Å². The highest BCUT2D eigenvalue weighted by Gasteiger charge is 2.70. The number of rotatable bonds is 3. The van der Waals surface area contributed by atoms with E-state index in [1.54, 1.807) is 24.3 Å². The highest BCUT2D eigenvalue weighted by molar-refractivity contribution is 6.31. The van der Waals surface area contributed by atoms with Gasteiger partial charge in [0.15, 0.2) is 0 Å². The van der Waals surface area contributed by atoms with Gasteiger partial charge in [0.25, 0.3) is 0 Å². The predicted octanol–water partition coefficient (Wildman–Crippen LogP) is 3.51. The Morgan fingerprint density at radius 1 is 0.848 bits per heavy atom. The van der Waals surface area contributed by atoms with E-state index in [1.807, 2.05) is 54.6 Å². The van der Waals surface area contributed by atoms with Crippen LogP contribution in [0.3, 0.4) is 0 Å². The number of nitrogens with one attached hydrogen (secondary N) is 2. The molecule has 3 amide bonds. The summed E-state index contributed by atoms with van der Waals surface area (Å²) in [5.41, 5.74) is 1.57. The zero-order valence-electron chi connectivity index (χ0n) is 17.5. The first kappa shape index (κ1) is 20.1. The molecule has 3 heterocycles. The number of hydrogen-bond donors (Lipinski definition) is 2. The summed E-state index contributed by atoms with van der Waals surface area (Å²) in [6.45, 7) is 0. The molecule has 2 N–H and O–H groups in total. The molecular weight excluding hydrogens is 438 g/mol. The van der Waals surface area contributed by atoms with Crippen LogP contribution in [0.1, 0.15) is 11.1 Å². The summed E-state index contributed by atoms with van der Waals surface area (Å²) >= 11 is 6.02. The van der Waals surface area contributed by atoms with Gasteiger partial charge in [-0.1, -0.05) is 60.1 Å². The molecule has 0 unspecified atom stereocenters. The molecule has 3 aromatic carbocycles. The van der Waals surface area contributed by atoms with Gasteiger partial charge in [-0.25, -0.2) is 4.90 Å². The summed E-state index contributed by atoms with van der Waals surface area (Å²) in [6, 6.07) is 23.4. The number of nitrogens with zero attached hydrogens (tertiary/aromatic N) is 1. The van der Waals surface area contributed by atoms with Gasteiger partial charge in [0.2, 0.25) is 17.7 Å². The van der Waals surface area contributed by atoms with Gasteiger partial charge in [-0.05, 0) is 42.3 Å². The zero-order chi connectivity index (χ0) is 22.7. The quantitative estimate of drug-likeness (QED) is 0.590. The van der Waals surface area contributed by atoms with Crippen molar-refractivity contribution < 1.29 is 14.4 Å². The fraction of sp³-hybridized carbons (Fsp3) is 0.192. The fourth-order valence-corrected chi connectivity index (χ4v) is 5.77. The van der Waals surface area contributed by atoms with E-state index in [0.717, 1.165) is 5.56 Å². The normalized spacial score (nSPS) is 27.7. The number of amides is 3. The number of benzene rings is 3. The third-order valence-corrected chi connectivity index (χ3v) is 7.26. The van der Waals surface area contributed by atoms with Crippen molar-refractivity contribution in [1.82, 2.24) is 5.32 Å². The van der Waals surface area contributed by atoms with E-state index in [4.69, 9.17) is 11.6 Å². The van der Waals surface area contributed by atoms with Crippen LogP contribution in [0, 0.1) is 11.8 Å². The lowest BCUT2D eigenvalue weighted by atomic mass is 9.76. The van der Waals surface area contributed by atoms with Gasteiger partial charge in [0.05, 0.1) is 17.5 Å². The molecule has 6 rings (SSSR count). The molecule has 6 nitrogen and oxygen atoms in total. The van der Waals surface area contributed by atoms with E-state index >= 15 is 0 Å². The first-order chi connectivity index (χ1) is 16.0. The van der Waals surface area contributed by atoms with Crippen LogP contribution in [0.4, 0.5) is 11.4 Å². The average molecular weight is 458 g/mol. The average Bonchev–Trinajstić information content (AvgIpc) is 3.40. The van der Waals surface area contributed by atoms with Crippen molar-refractivity contribution in [1.29, 1.82) is 0 Å². The Morgan fingerprint density at radius 2 is 1.55 bits per heavy atom. The minimum atomic E-state index is -1.30. The smallest absolute Gasteiger partial charge is 0.250 e. The summed E-state index contributed by atoms with van der Waals surface area (Å²) in [4.78, 5) is 42.3. The Kier molecular flexibility index (Phi) is 4.44. The van der Waals surface area contributed by atoms with Crippen molar-refractivity contribution in [2.75, 3.05) is 10.2 Å². The van der Waals surface area contributed by atoms with Crippen molar-refractivity contribution >= 4 is 40.7 Å². The van der Waals surface area contributed by atoms with Gasteiger partial charge >= 0.3 is 0 Å². The Morgan fingerprint density at radius 3 is 2.30 bits per heavy atom. The summed E-state index contributed by atoms with van der Waals surface area (Å²) in [7, 11) is 0. The van der Waals surface area contributed by atoms with Crippen molar-refractivity contribution in [2.24, 2.45) is 11.8 Å². The summed E-state index contributed by atoms with van der Waals surface area (Å²) < 4.78 is 0. The Hall–Kier alpha value is -3.48. The highest BCUT2D eigenvalue weighted by atomic mass is 35.5. The fourth-order valence-electron chi connectivity index (χ4n) is 5.65. The maximum atomic E-state index is 13.8. The van der Waals surface area contributed by atoms with Gasteiger partial charge in [-0.2, -0.15) is 0 Å². The lowest BCUT2D eigenvalue weighted by molar-refractivity contribution is -0.130. The molecule has 0 aromatic heterocycles. The third-order valence-electron chi connectivity index (χ3n) is 7.01. The Labute approximate surface area is 195 Å². The lowest BCUT2D eigenvalue weighted by Gasteiger charge is -2.29. The van der Waals surface area contributed by atoms with Gasteiger partial charge < -0.3 is 5.32 Å². The summed E-state index contributed by atoms with van der Waals surface area (Å²) in [5.74, 6) is -2.49. The maximum absolute atomic E-state index is 13.8. The number of fused-ring (bicyclic) bond motifs is 4. The molecule has 3 aliphatic heterocycles. The van der Waals surface area contributed by atoms with E-state index in [-0.39, 0.29) is 23.8 Å². The van der Waals surface area contributed by atoms with Crippen LogP contribution >= 0.6 is 11.6 Å². The molecule has 3 aromatic rings. The van der Waals surface area contributed by atoms with Crippen LogP contribution in [0.15, 0.2) is 78.9 Å². The van der Waals surface area contributed by atoms with Gasteiger partial charge in [-0.3, -0.25) is 19.7 Å². The highest BCUT2D eigenvalue weighted by Crippen LogP contribution is 2.53. The number of carbonyl (C=O) groups excluding carboxylic acids is 3. The topological polar surface area (TPSA) is 78.5 Å². The number of anilines is 2. The van der Waals surface area contributed by atoms with Crippen molar-refractivity contribution in [3.8, 4) is 0 Å². The molecule has 0 radical (unpaired) electrons. The zero-order valence-corrected chi connectivity index (χ0v) is 18.3. The predicted molar refractivity (Wildman–Crippen MR) is 125 cm³/mol. The maximum Gasteiger partial charge on any atom is 0.250 e. The number of halogens is 1. The molecule has 0 aliphatic carbocycles. The lowest BCUT2D eigenvalue weighted by Crippen LogP contribution is -2.53. The molecule has 33 heavy (non-hydrogen) atoms. The van der Waals surface area contributed by atoms with Crippen LogP contribution in [0.5, 0.6) is 0 Å². The number of para-hydroxylation sites is 1. The van der Waals surface area contributed by atoms with E-state index in [2.05, 4.69) is 10.6 Å². The molecule has 1 spiro atoms. The van der Waals surface area contributed by atoms with Gasteiger partial charge in [0, 0.05) is 22.3 Å². The minimum Gasteiger partial charge on any atom is -0.324 e. The Balaban J connectivity index is 1.49. The molecule has 2 saturated heterocycles. The second-order valence-electron chi connectivity index (χ2n) is 8.74. The molecule has 7 heteroatoms. The molecule has 3 aliphatic rings. The standard InChI is InChI=1S/C26H20ClN3O3/c27-16-10-12-17(13-11-16)30-23(31)21-20(14-15-6-2-1-3-7-15)29-26(22(21)24(30)32)18-8-4-5-9-19(18)28-25(26)33/h1-13,20-22,29H,14H2,(H,28,33)/t20-,21+,22+,26+/m0/s1. The third kappa shape index (κ3) is 2.81. The number of carbonyl (C=O) groups is 3. The molecular formula is C26H20ClN3O3. The van der Waals surface area contributed by atoms with E-state index in [9.17, 15) is 14.4 Å². The van der Waals surface area contributed by atoms with Crippen molar-refractivity contribution in [2.45, 2.75) is 18.0 Å². The first-order valence-electron chi connectivity index (χ1n) is 10.9. The molecule has 4 atom stereocenters. The van der Waals surface area contributed by atoms with Crippen LogP contribution in [-0.4, -0.2) is 23.8 Å².